The van der Waals surface area contributed by atoms with Crippen molar-refractivity contribution in [3.05, 3.63) is 57.6 Å². The second kappa shape index (κ2) is 7.43. The molecule has 0 heterocycles. The Morgan fingerprint density at radius 1 is 1.16 bits per heavy atom. The Labute approximate surface area is 142 Å². The zero-order valence-corrected chi connectivity index (χ0v) is 13.3. The molecule has 130 valence electrons. The fraction of sp³-hybridized carbons (Fsp3) is 0.176. The molecule has 8 heteroatoms. The number of benzene rings is 2. The molecule has 0 aliphatic heterocycles. The van der Waals surface area contributed by atoms with Gasteiger partial charge in [0.25, 0.3) is 5.69 Å². The second-order valence-electron chi connectivity index (χ2n) is 5.28. The van der Waals surface area contributed by atoms with Crippen LogP contribution in [0.25, 0.3) is 0 Å². The summed E-state index contributed by atoms with van der Waals surface area (Å²) in [6.07, 6.45) is 0.251. The maximum absolute atomic E-state index is 12.4. The van der Waals surface area contributed by atoms with Gasteiger partial charge in [0.1, 0.15) is 22.8 Å². The number of aryl methyl sites for hydroxylation is 1. The van der Waals surface area contributed by atoms with E-state index in [9.17, 15) is 29.9 Å². The highest BCUT2D eigenvalue weighted by Gasteiger charge is 2.20. The molecule has 0 aliphatic rings. The number of hydrogen-bond donors (Lipinski definition) is 2. The number of nitro benzene ring substituents is 1. The number of rotatable bonds is 6. The molecule has 0 saturated heterocycles. The van der Waals surface area contributed by atoms with Crippen molar-refractivity contribution in [3.63, 3.8) is 0 Å². The highest BCUT2D eigenvalue weighted by molar-refractivity contribution is 6.02. The highest BCUT2D eigenvalue weighted by atomic mass is 16.6. The molecule has 25 heavy (non-hydrogen) atoms. The van der Waals surface area contributed by atoms with E-state index >= 15 is 0 Å². The molecule has 2 rings (SSSR count). The summed E-state index contributed by atoms with van der Waals surface area (Å²) in [4.78, 5) is 33.6. The topological polar surface area (TPSA) is 127 Å². The van der Waals surface area contributed by atoms with Crippen molar-refractivity contribution in [2.75, 3.05) is 0 Å². The van der Waals surface area contributed by atoms with Crippen LogP contribution in [0.4, 0.5) is 5.69 Å². The van der Waals surface area contributed by atoms with Crippen LogP contribution in [0.5, 0.6) is 17.2 Å². The van der Waals surface area contributed by atoms with Gasteiger partial charge in [0.15, 0.2) is 5.78 Å². The molecule has 0 radical (unpaired) electrons. The molecule has 0 unspecified atom stereocenters. The lowest BCUT2D eigenvalue weighted by Gasteiger charge is -2.11. The second-order valence-corrected chi connectivity index (χ2v) is 5.28. The first-order valence-corrected chi connectivity index (χ1v) is 7.29. The van der Waals surface area contributed by atoms with Gasteiger partial charge in [-0.05, 0) is 12.0 Å². The molecule has 0 amide bonds. The van der Waals surface area contributed by atoms with Crippen molar-refractivity contribution in [2.24, 2.45) is 0 Å². The molecule has 2 aromatic rings. The maximum Gasteiger partial charge on any atom is 0.308 e. The predicted molar refractivity (Wildman–Crippen MR) is 86.8 cm³/mol. The lowest BCUT2D eigenvalue weighted by molar-refractivity contribution is -0.384. The molecule has 2 N–H and O–H groups in total. The van der Waals surface area contributed by atoms with E-state index in [-0.39, 0.29) is 35.6 Å². The molecule has 0 aromatic heterocycles. The van der Waals surface area contributed by atoms with Crippen LogP contribution in [0.15, 0.2) is 36.4 Å². The first-order chi connectivity index (χ1) is 11.8. The number of Topliss-reactive ketones (excluding diaryl/α,β-unsaturated/α-hetero) is 1. The number of esters is 1. The number of nitro groups is 1. The lowest BCUT2D eigenvalue weighted by atomic mass is 10.0. The third kappa shape index (κ3) is 4.54. The summed E-state index contributed by atoms with van der Waals surface area (Å²) in [5.41, 5.74) is 0.449. The molecule has 2 aromatic carbocycles. The average Bonchev–Trinajstić information content (AvgIpc) is 2.52. The number of nitrogens with zero attached hydrogens (tertiary/aromatic N) is 1. The van der Waals surface area contributed by atoms with Gasteiger partial charge in [-0.25, -0.2) is 0 Å². The molecule has 8 nitrogen and oxygen atoms in total. The van der Waals surface area contributed by atoms with Crippen molar-refractivity contribution in [3.8, 4) is 17.2 Å². The Morgan fingerprint density at radius 2 is 1.80 bits per heavy atom. The van der Waals surface area contributed by atoms with Gasteiger partial charge in [0, 0.05) is 37.6 Å². The van der Waals surface area contributed by atoms with Crippen LogP contribution in [0.1, 0.15) is 29.3 Å². The molecular weight excluding hydrogens is 330 g/mol. The highest BCUT2D eigenvalue weighted by Crippen LogP contribution is 2.34. The maximum atomic E-state index is 12.4. The normalized spacial score (nSPS) is 10.3. The van der Waals surface area contributed by atoms with Gasteiger partial charge >= 0.3 is 5.97 Å². The standard InChI is InChI=1S/C17H15NO7/c1-10(19)25-16-9-13(20)8-15(22)17(16)14(21)7-4-11-2-5-12(6-3-11)18(23)24/h2-3,5-6,8-9,20,22H,4,7H2,1H3. The van der Waals surface area contributed by atoms with Gasteiger partial charge in [-0.3, -0.25) is 19.7 Å². The van der Waals surface area contributed by atoms with Crippen molar-refractivity contribution >= 4 is 17.4 Å². The van der Waals surface area contributed by atoms with Gasteiger partial charge in [-0.15, -0.1) is 0 Å². The number of aromatic hydroxyl groups is 2. The van der Waals surface area contributed by atoms with Crippen molar-refractivity contribution in [1.82, 2.24) is 0 Å². The van der Waals surface area contributed by atoms with E-state index in [0.717, 1.165) is 19.1 Å². The minimum Gasteiger partial charge on any atom is -0.508 e. The first-order valence-electron chi connectivity index (χ1n) is 7.29. The molecule has 0 fully saturated rings. The van der Waals surface area contributed by atoms with Crippen molar-refractivity contribution in [2.45, 2.75) is 19.8 Å². The Kier molecular flexibility index (Phi) is 5.33. The van der Waals surface area contributed by atoms with Gasteiger partial charge in [-0.1, -0.05) is 12.1 Å². The third-order valence-corrected chi connectivity index (χ3v) is 3.39. The largest absolute Gasteiger partial charge is 0.508 e. The molecule has 0 bridgehead atoms. The zero-order chi connectivity index (χ0) is 18.6. The summed E-state index contributed by atoms with van der Waals surface area (Å²) in [5, 5.41) is 30.0. The van der Waals surface area contributed by atoms with E-state index < -0.39 is 22.4 Å². The molecule has 0 atom stereocenters. The van der Waals surface area contributed by atoms with Crippen molar-refractivity contribution in [1.29, 1.82) is 0 Å². The molecule has 0 aliphatic carbocycles. The van der Waals surface area contributed by atoms with Crippen LogP contribution in [-0.4, -0.2) is 26.9 Å². The van der Waals surface area contributed by atoms with Gasteiger partial charge < -0.3 is 14.9 Å². The van der Waals surface area contributed by atoms with Gasteiger partial charge in [0.05, 0.1) is 4.92 Å². The average molecular weight is 345 g/mol. The third-order valence-electron chi connectivity index (χ3n) is 3.39. The number of carbonyl (C=O) groups is 2. The van der Waals surface area contributed by atoms with Crippen LogP contribution in [-0.2, 0) is 11.2 Å². The van der Waals surface area contributed by atoms with Gasteiger partial charge in [0.2, 0.25) is 0 Å². The summed E-state index contributed by atoms with van der Waals surface area (Å²) in [7, 11) is 0. The number of phenolic OH excluding ortho intramolecular Hbond substituents is 2. The summed E-state index contributed by atoms with van der Waals surface area (Å²) in [5.74, 6) is -2.26. The molecular formula is C17H15NO7. The summed E-state index contributed by atoms with van der Waals surface area (Å²) >= 11 is 0. The molecule has 0 spiro atoms. The zero-order valence-electron chi connectivity index (χ0n) is 13.3. The van der Waals surface area contributed by atoms with E-state index in [1.807, 2.05) is 0 Å². The Morgan fingerprint density at radius 3 is 2.36 bits per heavy atom. The van der Waals surface area contributed by atoms with E-state index in [0.29, 0.717) is 5.56 Å². The lowest BCUT2D eigenvalue weighted by Crippen LogP contribution is -2.09. The summed E-state index contributed by atoms with van der Waals surface area (Å²) < 4.78 is 4.87. The SMILES string of the molecule is CC(=O)Oc1cc(O)cc(O)c1C(=O)CCc1ccc([N+](=O)[O-])cc1. The van der Waals surface area contributed by atoms with Crippen LogP contribution in [0.2, 0.25) is 0 Å². The Hall–Kier alpha value is -3.42. The number of ketones is 1. The van der Waals surface area contributed by atoms with E-state index in [2.05, 4.69) is 0 Å². The van der Waals surface area contributed by atoms with Crippen LogP contribution in [0, 0.1) is 10.1 Å². The number of hydrogen-bond acceptors (Lipinski definition) is 7. The number of non-ortho nitro benzene ring substituents is 1. The Bertz CT molecular complexity index is 828. The summed E-state index contributed by atoms with van der Waals surface area (Å²) in [6, 6.07) is 7.79. The van der Waals surface area contributed by atoms with E-state index in [1.165, 1.54) is 24.3 Å². The smallest absolute Gasteiger partial charge is 0.308 e. The minimum atomic E-state index is -0.700. The number of carbonyl (C=O) groups excluding carboxylic acids is 2. The Balaban J connectivity index is 2.17. The minimum absolute atomic E-state index is 0.0234. The monoisotopic (exact) mass is 345 g/mol. The number of ether oxygens (including phenoxy) is 1. The van der Waals surface area contributed by atoms with Gasteiger partial charge in [-0.2, -0.15) is 0 Å². The van der Waals surface area contributed by atoms with Crippen LogP contribution >= 0.6 is 0 Å². The van der Waals surface area contributed by atoms with Crippen molar-refractivity contribution < 1.29 is 29.5 Å². The fourth-order valence-electron chi connectivity index (χ4n) is 2.27. The van der Waals surface area contributed by atoms with E-state index in [1.54, 1.807) is 0 Å². The quantitative estimate of drug-likeness (QED) is 0.271. The van der Waals surface area contributed by atoms with Crippen LogP contribution < -0.4 is 4.74 Å². The summed E-state index contributed by atoms with van der Waals surface area (Å²) in [6.45, 7) is 1.13. The fourth-order valence-corrected chi connectivity index (χ4v) is 2.27. The van der Waals surface area contributed by atoms with Crippen LogP contribution in [0.3, 0.4) is 0 Å². The first kappa shape index (κ1) is 17.9. The van der Waals surface area contributed by atoms with E-state index in [4.69, 9.17) is 4.74 Å². The molecule has 0 saturated carbocycles. The number of phenols is 2. The predicted octanol–water partition coefficient (Wildman–Crippen LogP) is 2.75.